The van der Waals surface area contributed by atoms with Gasteiger partial charge in [-0.2, -0.15) is 0 Å². The van der Waals surface area contributed by atoms with Crippen molar-refractivity contribution in [3.05, 3.63) is 29.8 Å². The molecule has 0 aliphatic heterocycles. The number of benzene rings is 1. The zero-order valence-corrected chi connectivity index (χ0v) is 9.62. The second-order valence-electron chi connectivity index (χ2n) is 3.79. The van der Waals surface area contributed by atoms with Crippen LogP contribution in [0.25, 0.3) is 0 Å². The number of carbonyl (C=O) groups is 1. The van der Waals surface area contributed by atoms with Gasteiger partial charge in [0.05, 0.1) is 7.11 Å². The zero-order chi connectivity index (χ0) is 11.3. The predicted molar refractivity (Wildman–Crippen MR) is 61.4 cm³/mol. The van der Waals surface area contributed by atoms with E-state index in [-0.39, 0.29) is 11.7 Å². The Morgan fingerprint density at radius 3 is 2.80 bits per heavy atom. The summed E-state index contributed by atoms with van der Waals surface area (Å²) in [5.74, 6) is 1.04. The molecule has 15 heavy (non-hydrogen) atoms. The Morgan fingerprint density at radius 2 is 2.20 bits per heavy atom. The van der Waals surface area contributed by atoms with Crippen molar-refractivity contribution in [2.45, 2.75) is 26.7 Å². The average Bonchev–Trinajstić information content (AvgIpc) is 2.28. The lowest BCUT2D eigenvalue weighted by atomic mass is 9.95. The summed E-state index contributed by atoms with van der Waals surface area (Å²) < 4.78 is 5.09. The monoisotopic (exact) mass is 206 g/mol. The molecule has 0 bridgehead atoms. The van der Waals surface area contributed by atoms with E-state index < -0.39 is 0 Å². The Bertz CT molecular complexity index is 331. The van der Waals surface area contributed by atoms with E-state index in [9.17, 15) is 4.79 Å². The van der Waals surface area contributed by atoms with Crippen molar-refractivity contribution >= 4 is 5.78 Å². The van der Waals surface area contributed by atoms with Crippen LogP contribution in [0.5, 0.6) is 5.75 Å². The summed E-state index contributed by atoms with van der Waals surface area (Å²) >= 11 is 0. The fourth-order valence-corrected chi connectivity index (χ4v) is 1.62. The summed E-state index contributed by atoms with van der Waals surface area (Å²) in [7, 11) is 1.61. The van der Waals surface area contributed by atoms with E-state index in [1.165, 1.54) is 0 Å². The molecule has 0 N–H and O–H groups in total. The molecule has 2 heteroatoms. The second-order valence-corrected chi connectivity index (χ2v) is 3.79. The molecule has 0 saturated carbocycles. The van der Waals surface area contributed by atoms with Gasteiger partial charge in [0.2, 0.25) is 0 Å². The molecular weight excluding hydrogens is 188 g/mol. The van der Waals surface area contributed by atoms with Crippen molar-refractivity contribution in [3.63, 3.8) is 0 Å². The molecule has 0 spiro atoms. The Labute approximate surface area is 91.3 Å². The van der Waals surface area contributed by atoms with Gasteiger partial charge in [0.1, 0.15) is 5.75 Å². The van der Waals surface area contributed by atoms with E-state index in [0.717, 1.165) is 24.2 Å². The maximum Gasteiger partial charge on any atom is 0.165 e. The molecule has 0 heterocycles. The molecule has 0 aliphatic carbocycles. The smallest absolute Gasteiger partial charge is 0.165 e. The minimum Gasteiger partial charge on any atom is -0.497 e. The topological polar surface area (TPSA) is 26.3 Å². The number of hydrogen-bond donors (Lipinski definition) is 0. The average molecular weight is 206 g/mol. The van der Waals surface area contributed by atoms with Crippen LogP contribution in [0.15, 0.2) is 24.3 Å². The lowest BCUT2D eigenvalue weighted by Crippen LogP contribution is -2.10. The Hall–Kier alpha value is -1.31. The number of hydrogen-bond acceptors (Lipinski definition) is 2. The molecule has 1 atom stereocenters. The van der Waals surface area contributed by atoms with Gasteiger partial charge in [0.15, 0.2) is 5.78 Å². The Morgan fingerprint density at radius 1 is 1.47 bits per heavy atom. The SMILES string of the molecule is CCCC(C)C(=O)c1cccc(OC)c1. The van der Waals surface area contributed by atoms with Crippen LogP contribution in [0, 0.1) is 5.92 Å². The number of rotatable bonds is 5. The summed E-state index contributed by atoms with van der Waals surface area (Å²) in [6, 6.07) is 7.34. The first kappa shape index (κ1) is 11.8. The Kier molecular flexibility index (Phi) is 4.35. The molecule has 0 amide bonds. The summed E-state index contributed by atoms with van der Waals surface area (Å²) in [5, 5.41) is 0. The van der Waals surface area contributed by atoms with Gasteiger partial charge in [-0.25, -0.2) is 0 Å². The maximum absolute atomic E-state index is 11.9. The van der Waals surface area contributed by atoms with E-state index in [1.807, 2.05) is 25.1 Å². The molecule has 2 nitrogen and oxygen atoms in total. The largest absolute Gasteiger partial charge is 0.497 e. The normalized spacial score (nSPS) is 12.2. The van der Waals surface area contributed by atoms with Gasteiger partial charge in [-0.1, -0.05) is 32.4 Å². The number of carbonyl (C=O) groups excluding carboxylic acids is 1. The summed E-state index contributed by atoms with van der Waals surface area (Å²) in [6.07, 6.45) is 1.98. The van der Waals surface area contributed by atoms with E-state index in [2.05, 4.69) is 6.92 Å². The van der Waals surface area contributed by atoms with Crippen molar-refractivity contribution < 1.29 is 9.53 Å². The van der Waals surface area contributed by atoms with Crippen LogP contribution in [0.4, 0.5) is 0 Å². The quantitative estimate of drug-likeness (QED) is 0.691. The van der Waals surface area contributed by atoms with Crippen LogP contribution in [0.1, 0.15) is 37.0 Å². The molecule has 0 radical (unpaired) electrons. The van der Waals surface area contributed by atoms with Crippen molar-refractivity contribution in [2.24, 2.45) is 5.92 Å². The van der Waals surface area contributed by atoms with Crippen molar-refractivity contribution in [1.82, 2.24) is 0 Å². The molecule has 0 aromatic heterocycles. The van der Waals surface area contributed by atoms with Crippen LogP contribution < -0.4 is 4.74 Å². The number of Topliss-reactive ketones (excluding diaryl/α,β-unsaturated/α-hetero) is 1. The highest BCUT2D eigenvalue weighted by Crippen LogP contribution is 2.18. The second kappa shape index (κ2) is 5.54. The highest BCUT2D eigenvalue weighted by atomic mass is 16.5. The van der Waals surface area contributed by atoms with E-state index >= 15 is 0 Å². The van der Waals surface area contributed by atoms with Gasteiger partial charge in [0, 0.05) is 11.5 Å². The van der Waals surface area contributed by atoms with E-state index in [0.29, 0.717) is 0 Å². The van der Waals surface area contributed by atoms with Gasteiger partial charge in [-0.05, 0) is 18.6 Å². The third-order valence-electron chi connectivity index (χ3n) is 2.52. The van der Waals surface area contributed by atoms with Crippen LogP contribution in [0.3, 0.4) is 0 Å². The third kappa shape index (κ3) is 3.08. The Balaban J connectivity index is 2.81. The molecule has 1 rings (SSSR count). The maximum atomic E-state index is 11.9. The van der Waals surface area contributed by atoms with Crippen molar-refractivity contribution in [3.8, 4) is 5.75 Å². The fraction of sp³-hybridized carbons (Fsp3) is 0.462. The third-order valence-corrected chi connectivity index (χ3v) is 2.52. The molecule has 1 aromatic rings. The predicted octanol–water partition coefficient (Wildman–Crippen LogP) is 3.31. The lowest BCUT2D eigenvalue weighted by Gasteiger charge is -2.09. The van der Waals surface area contributed by atoms with Crippen LogP contribution in [-0.4, -0.2) is 12.9 Å². The lowest BCUT2D eigenvalue weighted by molar-refractivity contribution is 0.0923. The zero-order valence-electron chi connectivity index (χ0n) is 9.62. The molecule has 1 unspecified atom stereocenters. The standard InChI is InChI=1S/C13H18O2/c1-4-6-10(2)13(14)11-7-5-8-12(9-11)15-3/h5,7-10H,4,6H2,1-3H3. The highest BCUT2D eigenvalue weighted by Gasteiger charge is 2.14. The number of ketones is 1. The first-order chi connectivity index (χ1) is 7.19. The van der Waals surface area contributed by atoms with Gasteiger partial charge in [-0.15, -0.1) is 0 Å². The van der Waals surface area contributed by atoms with Crippen molar-refractivity contribution in [1.29, 1.82) is 0 Å². The van der Waals surface area contributed by atoms with Crippen LogP contribution in [0.2, 0.25) is 0 Å². The highest BCUT2D eigenvalue weighted by molar-refractivity contribution is 5.97. The first-order valence-corrected chi connectivity index (χ1v) is 5.37. The van der Waals surface area contributed by atoms with E-state index in [4.69, 9.17) is 4.74 Å². The van der Waals surface area contributed by atoms with Gasteiger partial charge in [0.25, 0.3) is 0 Å². The summed E-state index contributed by atoms with van der Waals surface area (Å²) in [5.41, 5.74) is 0.746. The molecule has 0 saturated heterocycles. The van der Waals surface area contributed by atoms with Gasteiger partial charge < -0.3 is 4.74 Å². The molecule has 1 aromatic carbocycles. The summed E-state index contributed by atoms with van der Waals surface area (Å²) in [4.78, 5) is 11.9. The van der Waals surface area contributed by atoms with E-state index in [1.54, 1.807) is 13.2 Å². The van der Waals surface area contributed by atoms with Crippen LogP contribution >= 0.6 is 0 Å². The molecule has 82 valence electrons. The van der Waals surface area contributed by atoms with Crippen LogP contribution in [-0.2, 0) is 0 Å². The number of ether oxygens (including phenoxy) is 1. The summed E-state index contributed by atoms with van der Waals surface area (Å²) in [6.45, 7) is 4.07. The van der Waals surface area contributed by atoms with Crippen molar-refractivity contribution in [2.75, 3.05) is 7.11 Å². The fourth-order valence-electron chi connectivity index (χ4n) is 1.62. The number of methoxy groups -OCH3 is 1. The molecular formula is C13H18O2. The first-order valence-electron chi connectivity index (χ1n) is 5.37. The minimum atomic E-state index is 0.0992. The van der Waals surface area contributed by atoms with Gasteiger partial charge in [-0.3, -0.25) is 4.79 Å². The minimum absolute atomic E-state index is 0.0992. The van der Waals surface area contributed by atoms with Gasteiger partial charge >= 0.3 is 0 Å². The molecule has 0 aliphatic rings. The molecule has 0 fully saturated rings.